The average molecular weight is 263 g/mol. The maximum Gasteiger partial charge on any atom is 0.165 e. The molecule has 2 N–H and O–H groups in total. The molecular weight excluding hydrogens is 238 g/mol. The van der Waals surface area contributed by atoms with Crippen LogP contribution in [0.3, 0.4) is 0 Å². The van der Waals surface area contributed by atoms with Crippen molar-refractivity contribution in [3.05, 3.63) is 23.8 Å². The Kier molecular flexibility index (Phi) is 5.08. The van der Waals surface area contributed by atoms with Gasteiger partial charge in [-0.2, -0.15) is 0 Å². The van der Waals surface area contributed by atoms with Crippen molar-refractivity contribution in [2.24, 2.45) is 5.73 Å². The molecule has 3 heteroatoms. The smallest absolute Gasteiger partial charge is 0.165 e. The van der Waals surface area contributed by atoms with Gasteiger partial charge in [-0.3, -0.25) is 0 Å². The van der Waals surface area contributed by atoms with Gasteiger partial charge in [0.15, 0.2) is 11.5 Å². The van der Waals surface area contributed by atoms with Gasteiger partial charge >= 0.3 is 0 Å². The highest BCUT2D eigenvalue weighted by atomic mass is 16.5. The molecule has 3 nitrogen and oxygen atoms in total. The Morgan fingerprint density at radius 2 is 2.05 bits per heavy atom. The molecule has 0 radical (unpaired) electrons. The monoisotopic (exact) mass is 263 g/mol. The van der Waals surface area contributed by atoms with E-state index in [0.717, 1.165) is 30.8 Å². The third kappa shape index (κ3) is 3.41. The second-order valence-electron chi connectivity index (χ2n) is 5.38. The first-order valence-corrected chi connectivity index (χ1v) is 7.30. The van der Waals surface area contributed by atoms with Crippen molar-refractivity contribution in [3.63, 3.8) is 0 Å². The van der Waals surface area contributed by atoms with E-state index in [1.165, 1.54) is 18.4 Å². The summed E-state index contributed by atoms with van der Waals surface area (Å²) in [6.45, 7) is 2.89. The Hall–Kier alpha value is -1.22. The first-order valence-electron chi connectivity index (χ1n) is 7.30. The summed E-state index contributed by atoms with van der Waals surface area (Å²) in [5.74, 6) is 2.17. The minimum Gasteiger partial charge on any atom is -0.493 e. The minimum absolute atomic E-state index is 0.347. The average Bonchev–Trinajstić information content (AvgIpc) is 2.92. The van der Waals surface area contributed by atoms with E-state index in [4.69, 9.17) is 15.2 Å². The van der Waals surface area contributed by atoms with Crippen LogP contribution in [0.25, 0.3) is 0 Å². The highest BCUT2D eigenvalue weighted by Crippen LogP contribution is 2.39. The summed E-state index contributed by atoms with van der Waals surface area (Å²) in [5.41, 5.74) is 6.90. The molecule has 0 aliphatic heterocycles. The van der Waals surface area contributed by atoms with Gasteiger partial charge in [-0.1, -0.05) is 19.1 Å². The number of nitrogens with two attached hydrogens (primary N) is 1. The Labute approximate surface area is 116 Å². The lowest BCUT2D eigenvalue weighted by Gasteiger charge is -2.22. The Bertz CT molecular complexity index is 400. The van der Waals surface area contributed by atoms with Crippen molar-refractivity contribution in [2.45, 2.75) is 51.0 Å². The van der Waals surface area contributed by atoms with E-state index in [1.807, 2.05) is 12.1 Å². The number of para-hydroxylation sites is 1. The molecule has 1 aliphatic rings. The van der Waals surface area contributed by atoms with Crippen LogP contribution in [-0.2, 0) is 0 Å². The van der Waals surface area contributed by atoms with E-state index >= 15 is 0 Å². The van der Waals surface area contributed by atoms with Crippen LogP contribution >= 0.6 is 0 Å². The van der Waals surface area contributed by atoms with Crippen LogP contribution < -0.4 is 15.2 Å². The number of ether oxygens (including phenoxy) is 2. The SMILES string of the molecule is COc1cccc(C(C)CCN)c1OC1CCCC1. The molecule has 19 heavy (non-hydrogen) atoms. The molecule has 0 saturated heterocycles. The Balaban J connectivity index is 2.25. The second-order valence-corrected chi connectivity index (χ2v) is 5.38. The molecule has 0 aromatic heterocycles. The molecule has 1 aliphatic carbocycles. The van der Waals surface area contributed by atoms with Gasteiger partial charge < -0.3 is 15.2 Å². The summed E-state index contributed by atoms with van der Waals surface area (Å²) in [5, 5.41) is 0. The summed E-state index contributed by atoms with van der Waals surface area (Å²) < 4.78 is 11.7. The van der Waals surface area contributed by atoms with Crippen LogP contribution in [0, 0.1) is 0 Å². The molecule has 0 spiro atoms. The van der Waals surface area contributed by atoms with Gasteiger partial charge in [0.1, 0.15) is 0 Å². The zero-order chi connectivity index (χ0) is 13.7. The van der Waals surface area contributed by atoms with Crippen molar-refractivity contribution in [2.75, 3.05) is 13.7 Å². The lowest BCUT2D eigenvalue weighted by molar-refractivity contribution is 0.197. The van der Waals surface area contributed by atoms with Gasteiger partial charge in [0.25, 0.3) is 0 Å². The normalized spacial score (nSPS) is 17.4. The van der Waals surface area contributed by atoms with Crippen LogP contribution in [-0.4, -0.2) is 19.8 Å². The lowest BCUT2D eigenvalue weighted by atomic mass is 9.96. The molecule has 1 fully saturated rings. The predicted molar refractivity (Wildman–Crippen MR) is 78.0 cm³/mol. The van der Waals surface area contributed by atoms with Gasteiger partial charge in [0.2, 0.25) is 0 Å². The first-order chi connectivity index (χ1) is 9.26. The molecule has 0 amide bonds. The van der Waals surface area contributed by atoms with Gasteiger partial charge in [-0.15, -0.1) is 0 Å². The van der Waals surface area contributed by atoms with E-state index in [2.05, 4.69) is 13.0 Å². The molecule has 1 saturated carbocycles. The first kappa shape index (κ1) is 14.2. The van der Waals surface area contributed by atoms with Crippen LogP contribution in [0.1, 0.15) is 50.5 Å². The Morgan fingerprint density at radius 3 is 2.68 bits per heavy atom. The van der Waals surface area contributed by atoms with E-state index in [9.17, 15) is 0 Å². The van der Waals surface area contributed by atoms with E-state index in [1.54, 1.807) is 7.11 Å². The second kappa shape index (κ2) is 6.80. The zero-order valence-corrected chi connectivity index (χ0v) is 12.0. The minimum atomic E-state index is 0.347. The van der Waals surface area contributed by atoms with Crippen LogP contribution in [0.15, 0.2) is 18.2 Å². The van der Waals surface area contributed by atoms with E-state index in [-0.39, 0.29) is 0 Å². The number of benzene rings is 1. The molecule has 1 atom stereocenters. The zero-order valence-electron chi connectivity index (χ0n) is 12.0. The quantitative estimate of drug-likeness (QED) is 0.854. The van der Waals surface area contributed by atoms with Gasteiger partial charge in [-0.05, 0) is 50.6 Å². The number of rotatable bonds is 6. The molecule has 1 aromatic rings. The summed E-state index contributed by atoms with van der Waals surface area (Å²) in [6, 6.07) is 6.14. The number of methoxy groups -OCH3 is 1. The van der Waals surface area contributed by atoms with Gasteiger partial charge in [0.05, 0.1) is 13.2 Å². The molecule has 1 aromatic carbocycles. The van der Waals surface area contributed by atoms with Crippen molar-refractivity contribution in [1.29, 1.82) is 0 Å². The molecule has 106 valence electrons. The van der Waals surface area contributed by atoms with Crippen LogP contribution in [0.2, 0.25) is 0 Å². The van der Waals surface area contributed by atoms with Crippen molar-refractivity contribution in [3.8, 4) is 11.5 Å². The molecule has 0 bridgehead atoms. The van der Waals surface area contributed by atoms with Crippen molar-refractivity contribution < 1.29 is 9.47 Å². The van der Waals surface area contributed by atoms with E-state index < -0.39 is 0 Å². The number of hydrogen-bond acceptors (Lipinski definition) is 3. The van der Waals surface area contributed by atoms with Crippen LogP contribution in [0.5, 0.6) is 11.5 Å². The summed E-state index contributed by atoms with van der Waals surface area (Å²) in [7, 11) is 1.70. The maximum absolute atomic E-state index is 6.23. The fourth-order valence-corrected chi connectivity index (χ4v) is 2.79. The molecule has 1 unspecified atom stereocenters. The van der Waals surface area contributed by atoms with Gasteiger partial charge in [0, 0.05) is 5.56 Å². The highest BCUT2D eigenvalue weighted by molar-refractivity contribution is 5.48. The third-order valence-corrected chi connectivity index (χ3v) is 3.95. The van der Waals surface area contributed by atoms with Gasteiger partial charge in [-0.25, -0.2) is 0 Å². The fourth-order valence-electron chi connectivity index (χ4n) is 2.79. The molecule has 2 rings (SSSR count). The fraction of sp³-hybridized carbons (Fsp3) is 0.625. The largest absolute Gasteiger partial charge is 0.493 e. The summed E-state index contributed by atoms with van der Waals surface area (Å²) >= 11 is 0. The highest BCUT2D eigenvalue weighted by Gasteiger charge is 2.22. The van der Waals surface area contributed by atoms with Crippen molar-refractivity contribution >= 4 is 0 Å². The summed E-state index contributed by atoms with van der Waals surface area (Å²) in [6.07, 6.45) is 6.17. The molecular formula is C16H25NO2. The topological polar surface area (TPSA) is 44.5 Å². The Morgan fingerprint density at radius 1 is 1.32 bits per heavy atom. The lowest BCUT2D eigenvalue weighted by Crippen LogP contribution is -2.14. The van der Waals surface area contributed by atoms with E-state index in [0.29, 0.717) is 18.6 Å². The predicted octanol–water partition coefficient (Wildman–Crippen LogP) is 3.47. The maximum atomic E-state index is 6.23. The van der Waals surface area contributed by atoms with Crippen molar-refractivity contribution in [1.82, 2.24) is 0 Å². The van der Waals surface area contributed by atoms with Crippen LogP contribution in [0.4, 0.5) is 0 Å². The number of hydrogen-bond donors (Lipinski definition) is 1. The standard InChI is InChI=1S/C16H25NO2/c1-12(10-11-17)14-8-5-9-15(18-2)16(14)19-13-6-3-4-7-13/h5,8-9,12-13H,3-4,6-7,10-11,17H2,1-2H3. The summed E-state index contributed by atoms with van der Waals surface area (Å²) in [4.78, 5) is 0. The third-order valence-electron chi connectivity index (χ3n) is 3.95. The molecule has 0 heterocycles.